The van der Waals surface area contributed by atoms with Gasteiger partial charge in [-0.1, -0.05) is 6.07 Å². The molecule has 8 nitrogen and oxygen atoms in total. The van der Waals surface area contributed by atoms with Crippen LogP contribution in [0.5, 0.6) is 11.5 Å². The number of carbonyl (C=O) groups is 3. The smallest absolute Gasteiger partial charge is 0.331 e. The van der Waals surface area contributed by atoms with Crippen LogP contribution in [0.1, 0.15) is 26.3 Å². The van der Waals surface area contributed by atoms with Crippen LogP contribution in [0.2, 0.25) is 0 Å². The Balaban J connectivity index is 2.70. The molecule has 0 aliphatic rings. The predicted molar refractivity (Wildman–Crippen MR) is 95.6 cm³/mol. The molecule has 26 heavy (non-hydrogen) atoms. The zero-order valence-corrected chi connectivity index (χ0v) is 15.3. The fourth-order valence-electron chi connectivity index (χ4n) is 1.89. The molecule has 0 radical (unpaired) electrons. The largest absolute Gasteiger partial charge is 0.493 e. The summed E-state index contributed by atoms with van der Waals surface area (Å²) in [6.07, 6.45) is 1.82. The number of benzene rings is 1. The zero-order chi connectivity index (χ0) is 19.7. The number of hydrogen-bond acceptors (Lipinski definition) is 6. The quantitative estimate of drug-likeness (QED) is 0.499. The standard InChI is InChI=1S/C18H24N2O6/c1-11(2)20-18(23)12(3)26-17(22)8-6-13-5-7-14(15(9-13)24-4)25-10-16(19)21/h5-9,11-12H,10H2,1-4H3,(H2,19,21)(H,20,23)/b8-6+. The number of methoxy groups -OCH3 is 1. The maximum absolute atomic E-state index is 11.8. The highest BCUT2D eigenvalue weighted by atomic mass is 16.5. The lowest BCUT2D eigenvalue weighted by molar-refractivity contribution is -0.150. The van der Waals surface area contributed by atoms with Crippen LogP contribution in [-0.4, -0.2) is 43.6 Å². The minimum absolute atomic E-state index is 0.0399. The highest BCUT2D eigenvalue weighted by molar-refractivity contribution is 5.90. The van der Waals surface area contributed by atoms with Crippen LogP contribution in [-0.2, 0) is 19.1 Å². The van der Waals surface area contributed by atoms with Gasteiger partial charge in [-0.05, 0) is 44.5 Å². The van der Waals surface area contributed by atoms with Crippen molar-refractivity contribution in [3.05, 3.63) is 29.8 Å². The average Bonchev–Trinajstić information content (AvgIpc) is 2.57. The van der Waals surface area contributed by atoms with Gasteiger partial charge in [-0.25, -0.2) is 4.79 Å². The van der Waals surface area contributed by atoms with E-state index in [0.717, 1.165) is 0 Å². The Hall–Kier alpha value is -3.03. The maximum Gasteiger partial charge on any atom is 0.331 e. The van der Waals surface area contributed by atoms with E-state index in [4.69, 9.17) is 19.9 Å². The highest BCUT2D eigenvalue weighted by Gasteiger charge is 2.16. The Labute approximate surface area is 152 Å². The molecule has 8 heteroatoms. The van der Waals surface area contributed by atoms with Crippen molar-refractivity contribution in [2.24, 2.45) is 5.73 Å². The van der Waals surface area contributed by atoms with Crippen LogP contribution in [0.15, 0.2) is 24.3 Å². The topological polar surface area (TPSA) is 117 Å². The monoisotopic (exact) mass is 364 g/mol. The summed E-state index contributed by atoms with van der Waals surface area (Å²) in [5.74, 6) is -0.880. The van der Waals surface area contributed by atoms with Gasteiger partial charge in [-0.2, -0.15) is 0 Å². The lowest BCUT2D eigenvalue weighted by Crippen LogP contribution is -2.39. The minimum atomic E-state index is -0.895. The first kappa shape index (κ1) is 21.0. The van der Waals surface area contributed by atoms with Gasteiger partial charge in [0.1, 0.15) is 0 Å². The van der Waals surface area contributed by atoms with Gasteiger partial charge in [0.2, 0.25) is 0 Å². The number of hydrogen-bond donors (Lipinski definition) is 2. The summed E-state index contributed by atoms with van der Waals surface area (Å²) in [5, 5.41) is 2.66. The first-order chi connectivity index (χ1) is 12.2. The van der Waals surface area contributed by atoms with Gasteiger partial charge in [0.05, 0.1) is 7.11 Å². The molecule has 1 unspecified atom stereocenters. The second-order valence-electron chi connectivity index (χ2n) is 5.74. The van der Waals surface area contributed by atoms with Gasteiger partial charge in [0, 0.05) is 12.1 Å². The highest BCUT2D eigenvalue weighted by Crippen LogP contribution is 2.28. The van der Waals surface area contributed by atoms with Gasteiger partial charge in [-0.15, -0.1) is 0 Å². The Morgan fingerprint density at radius 1 is 1.19 bits per heavy atom. The molecular weight excluding hydrogens is 340 g/mol. The van der Waals surface area contributed by atoms with Crippen molar-refractivity contribution in [2.45, 2.75) is 32.9 Å². The van der Waals surface area contributed by atoms with Crippen LogP contribution in [0.4, 0.5) is 0 Å². The van der Waals surface area contributed by atoms with Crippen LogP contribution in [0, 0.1) is 0 Å². The number of nitrogens with one attached hydrogen (secondary N) is 1. The van der Waals surface area contributed by atoms with E-state index < -0.39 is 18.0 Å². The van der Waals surface area contributed by atoms with E-state index in [0.29, 0.717) is 17.1 Å². The summed E-state index contributed by atoms with van der Waals surface area (Å²) in [7, 11) is 1.45. The van der Waals surface area contributed by atoms with E-state index >= 15 is 0 Å². The molecule has 0 spiro atoms. The second-order valence-corrected chi connectivity index (χ2v) is 5.74. The molecule has 1 aromatic carbocycles. The molecule has 0 bridgehead atoms. The van der Waals surface area contributed by atoms with Crippen molar-refractivity contribution in [1.82, 2.24) is 5.32 Å². The summed E-state index contributed by atoms with van der Waals surface area (Å²) in [6, 6.07) is 4.83. The SMILES string of the molecule is COc1cc(/C=C/C(=O)OC(C)C(=O)NC(C)C)ccc1OCC(N)=O. The molecule has 0 fully saturated rings. The number of amides is 2. The summed E-state index contributed by atoms with van der Waals surface area (Å²) >= 11 is 0. The normalized spacial score (nSPS) is 11.9. The summed E-state index contributed by atoms with van der Waals surface area (Å²) in [6.45, 7) is 4.86. The fourth-order valence-corrected chi connectivity index (χ4v) is 1.89. The number of primary amides is 1. The molecule has 0 aromatic heterocycles. The molecular formula is C18H24N2O6. The zero-order valence-electron chi connectivity index (χ0n) is 15.3. The van der Waals surface area contributed by atoms with Crippen LogP contribution >= 0.6 is 0 Å². The summed E-state index contributed by atoms with van der Waals surface area (Å²) in [4.78, 5) is 34.3. The van der Waals surface area contributed by atoms with Gasteiger partial charge in [0.25, 0.3) is 11.8 Å². The molecule has 0 heterocycles. The van der Waals surface area contributed by atoms with E-state index in [2.05, 4.69) is 5.32 Å². The Morgan fingerprint density at radius 3 is 2.46 bits per heavy atom. The van der Waals surface area contributed by atoms with Crippen LogP contribution < -0.4 is 20.5 Å². The molecule has 1 atom stereocenters. The average molecular weight is 364 g/mol. The fraction of sp³-hybridized carbons (Fsp3) is 0.389. The van der Waals surface area contributed by atoms with E-state index in [1.165, 1.54) is 26.2 Å². The third-order valence-electron chi connectivity index (χ3n) is 3.06. The first-order valence-electron chi connectivity index (χ1n) is 8.01. The minimum Gasteiger partial charge on any atom is -0.493 e. The Kier molecular flexibility index (Phi) is 8.14. The molecule has 142 valence electrons. The van der Waals surface area contributed by atoms with Crippen LogP contribution in [0.3, 0.4) is 0 Å². The van der Waals surface area contributed by atoms with Crippen LogP contribution in [0.25, 0.3) is 6.08 Å². The molecule has 1 rings (SSSR count). The number of ether oxygens (including phenoxy) is 3. The van der Waals surface area contributed by atoms with Crippen molar-refractivity contribution < 1.29 is 28.6 Å². The third-order valence-corrected chi connectivity index (χ3v) is 3.06. The maximum atomic E-state index is 11.8. The summed E-state index contributed by atoms with van der Waals surface area (Å²) < 4.78 is 15.4. The lowest BCUT2D eigenvalue weighted by Gasteiger charge is -2.14. The number of esters is 1. The van der Waals surface area contributed by atoms with Crippen molar-refractivity contribution in [3.63, 3.8) is 0 Å². The van der Waals surface area contributed by atoms with Gasteiger partial charge < -0.3 is 25.3 Å². The lowest BCUT2D eigenvalue weighted by atomic mass is 10.2. The van der Waals surface area contributed by atoms with E-state index in [9.17, 15) is 14.4 Å². The van der Waals surface area contributed by atoms with E-state index in [-0.39, 0.29) is 18.6 Å². The predicted octanol–water partition coefficient (Wildman–Crippen LogP) is 1.03. The first-order valence-corrected chi connectivity index (χ1v) is 8.01. The third kappa shape index (κ3) is 7.25. The molecule has 3 N–H and O–H groups in total. The van der Waals surface area contributed by atoms with Gasteiger partial charge >= 0.3 is 5.97 Å². The van der Waals surface area contributed by atoms with Crippen molar-refractivity contribution in [2.75, 3.05) is 13.7 Å². The Bertz CT molecular complexity index is 684. The van der Waals surface area contributed by atoms with E-state index in [1.54, 1.807) is 18.2 Å². The number of rotatable bonds is 9. The number of nitrogens with two attached hydrogens (primary N) is 1. The molecule has 2 amide bonds. The molecule has 1 aromatic rings. The molecule has 0 saturated carbocycles. The Morgan fingerprint density at radius 2 is 1.88 bits per heavy atom. The molecule has 0 aliphatic carbocycles. The number of carbonyl (C=O) groups excluding carboxylic acids is 3. The molecule has 0 saturated heterocycles. The molecule has 0 aliphatic heterocycles. The van der Waals surface area contributed by atoms with Crippen molar-refractivity contribution in [3.8, 4) is 11.5 Å². The van der Waals surface area contributed by atoms with Gasteiger partial charge in [-0.3, -0.25) is 9.59 Å². The van der Waals surface area contributed by atoms with E-state index in [1.807, 2.05) is 13.8 Å². The van der Waals surface area contributed by atoms with Crippen molar-refractivity contribution in [1.29, 1.82) is 0 Å². The van der Waals surface area contributed by atoms with Crippen molar-refractivity contribution >= 4 is 23.9 Å². The summed E-state index contributed by atoms with van der Waals surface area (Å²) in [5.41, 5.74) is 5.68. The van der Waals surface area contributed by atoms with Gasteiger partial charge in [0.15, 0.2) is 24.2 Å². The second kappa shape index (κ2) is 10.1.